The van der Waals surface area contributed by atoms with Crippen LogP contribution in [0.1, 0.15) is 17.8 Å². The zero-order chi connectivity index (χ0) is 6.10. The van der Waals surface area contributed by atoms with Crippen LogP contribution in [-0.2, 0) is 6.42 Å². The molecule has 0 unspecified atom stereocenters. The van der Waals surface area contributed by atoms with Gasteiger partial charge in [-0.05, 0) is 18.9 Å². The third-order valence-electron chi connectivity index (χ3n) is 1.59. The highest BCUT2D eigenvalue weighted by atomic mass is 14.9. The number of hydrogen-bond donors (Lipinski definition) is 1. The summed E-state index contributed by atoms with van der Waals surface area (Å²) in [6.07, 6.45) is 8.24. The number of aryl methyl sites for hydroxylation is 1. The van der Waals surface area contributed by atoms with Crippen molar-refractivity contribution in [3.05, 3.63) is 23.8 Å². The highest BCUT2D eigenvalue weighted by molar-refractivity contribution is 5.49. The van der Waals surface area contributed by atoms with Gasteiger partial charge in [0.15, 0.2) is 0 Å². The van der Waals surface area contributed by atoms with Gasteiger partial charge in [0, 0.05) is 5.69 Å². The van der Waals surface area contributed by atoms with Crippen LogP contribution < -0.4 is 0 Å². The Labute approximate surface area is 53.6 Å². The Morgan fingerprint density at radius 2 is 2.56 bits per heavy atom. The van der Waals surface area contributed by atoms with Crippen LogP contribution in [0.25, 0.3) is 6.08 Å². The van der Waals surface area contributed by atoms with E-state index in [0.717, 1.165) is 18.5 Å². The van der Waals surface area contributed by atoms with Gasteiger partial charge >= 0.3 is 0 Å². The molecule has 1 heterocycles. The molecule has 0 amide bonds. The number of nitrogens with zero attached hydrogens (tertiary/aromatic N) is 1. The van der Waals surface area contributed by atoms with E-state index < -0.39 is 0 Å². The molecule has 2 nitrogen and oxygen atoms in total. The van der Waals surface area contributed by atoms with Gasteiger partial charge in [-0.2, -0.15) is 0 Å². The van der Waals surface area contributed by atoms with Crippen LogP contribution in [-0.4, -0.2) is 9.97 Å². The maximum absolute atomic E-state index is 4.11. The van der Waals surface area contributed by atoms with Gasteiger partial charge in [0.2, 0.25) is 0 Å². The summed E-state index contributed by atoms with van der Waals surface area (Å²) < 4.78 is 0. The second kappa shape index (κ2) is 1.72. The van der Waals surface area contributed by atoms with Crippen LogP contribution in [0.2, 0.25) is 0 Å². The molecule has 0 aliphatic heterocycles. The maximum atomic E-state index is 4.11. The molecule has 0 bridgehead atoms. The third-order valence-corrected chi connectivity index (χ3v) is 1.59. The van der Waals surface area contributed by atoms with Gasteiger partial charge < -0.3 is 4.98 Å². The van der Waals surface area contributed by atoms with Crippen LogP contribution in [0.3, 0.4) is 0 Å². The standard InChI is InChI=1S/C7H8N2/c1-2-4-7-6(3-1)8-5-9-7/h1,3,5H,2,4H2,(H,8,9). The number of hydrogen-bond acceptors (Lipinski definition) is 1. The van der Waals surface area contributed by atoms with E-state index in [2.05, 4.69) is 22.1 Å². The van der Waals surface area contributed by atoms with Crippen molar-refractivity contribution in [2.45, 2.75) is 12.8 Å². The van der Waals surface area contributed by atoms with E-state index in [1.54, 1.807) is 6.33 Å². The van der Waals surface area contributed by atoms with Crippen LogP contribution in [0.4, 0.5) is 0 Å². The molecule has 9 heavy (non-hydrogen) atoms. The summed E-state index contributed by atoms with van der Waals surface area (Å²) in [4.78, 5) is 7.21. The number of aromatic amines is 1. The molecule has 1 aromatic heterocycles. The number of nitrogens with one attached hydrogen (secondary N) is 1. The van der Waals surface area contributed by atoms with Gasteiger partial charge in [-0.25, -0.2) is 4.98 Å². The molecule has 46 valence electrons. The molecule has 2 rings (SSSR count). The van der Waals surface area contributed by atoms with Crippen LogP contribution in [0, 0.1) is 0 Å². The molecule has 0 radical (unpaired) electrons. The number of fused-ring (bicyclic) bond motifs is 1. The Hall–Kier alpha value is -1.05. The molecular weight excluding hydrogens is 112 g/mol. The number of imidazole rings is 1. The minimum absolute atomic E-state index is 1.11. The summed E-state index contributed by atoms with van der Waals surface area (Å²) in [6, 6.07) is 0. The van der Waals surface area contributed by atoms with Crippen molar-refractivity contribution in [2.75, 3.05) is 0 Å². The number of H-pyrrole nitrogens is 1. The first-order chi connectivity index (χ1) is 4.47. The van der Waals surface area contributed by atoms with Gasteiger partial charge in [0.1, 0.15) is 0 Å². The molecule has 0 aromatic carbocycles. The topological polar surface area (TPSA) is 28.7 Å². The number of aromatic nitrogens is 2. The Morgan fingerprint density at radius 3 is 3.44 bits per heavy atom. The summed E-state index contributed by atoms with van der Waals surface area (Å²) in [6.45, 7) is 0. The largest absolute Gasteiger partial charge is 0.348 e. The molecule has 0 saturated carbocycles. The summed E-state index contributed by atoms with van der Waals surface area (Å²) in [7, 11) is 0. The highest BCUT2D eigenvalue weighted by Crippen LogP contribution is 2.13. The second-order valence-electron chi connectivity index (χ2n) is 2.21. The Balaban J connectivity index is 2.53. The molecule has 1 aliphatic carbocycles. The molecule has 1 N–H and O–H groups in total. The first kappa shape index (κ1) is 4.79. The molecule has 0 saturated heterocycles. The quantitative estimate of drug-likeness (QED) is 0.550. The monoisotopic (exact) mass is 120 g/mol. The zero-order valence-electron chi connectivity index (χ0n) is 5.09. The normalized spacial score (nSPS) is 15.6. The van der Waals surface area contributed by atoms with E-state index in [-0.39, 0.29) is 0 Å². The van der Waals surface area contributed by atoms with Gasteiger partial charge in [-0.3, -0.25) is 0 Å². The lowest BCUT2D eigenvalue weighted by molar-refractivity contribution is 0.943. The van der Waals surface area contributed by atoms with Gasteiger partial charge in [0.25, 0.3) is 0 Å². The van der Waals surface area contributed by atoms with Crippen molar-refractivity contribution < 1.29 is 0 Å². The van der Waals surface area contributed by atoms with Crippen LogP contribution in [0.5, 0.6) is 0 Å². The van der Waals surface area contributed by atoms with Crippen LogP contribution in [0.15, 0.2) is 12.4 Å². The second-order valence-corrected chi connectivity index (χ2v) is 2.21. The summed E-state index contributed by atoms with van der Waals surface area (Å²) in [5.74, 6) is 0. The average Bonchev–Trinajstić information content (AvgIpc) is 2.33. The Kier molecular flexibility index (Phi) is 0.918. The lowest BCUT2D eigenvalue weighted by atomic mass is 10.1. The predicted molar refractivity (Wildman–Crippen MR) is 35.9 cm³/mol. The molecule has 0 spiro atoms. The average molecular weight is 120 g/mol. The van der Waals surface area contributed by atoms with Gasteiger partial charge in [-0.1, -0.05) is 6.08 Å². The van der Waals surface area contributed by atoms with Gasteiger partial charge in [-0.15, -0.1) is 0 Å². The molecule has 2 heteroatoms. The number of rotatable bonds is 0. The van der Waals surface area contributed by atoms with E-state index in [9.17, 15) is 0 Å². The highest BCUT2D eigenvalue weighted by Gasteiger charge is 2.03. The van der Waals surface area contributed by atoms with E-state index in [1.807, 2.05) is 0 Å². The smallest absolute Gasteiger partial charge is 0.0929 e. The SMILES string of the molecule is C1=Cc2nc[nH]c2CC1. The van der Waals surface area contributed by atoms with Gasteiger partial charge in [0.05, 0.1) is 12.0 Å². The maximum Gasteiger partial charge on any atom is 0.0929 e. The molecule has 0 fully saturated rings. The fraction of sp³-hybridized carbons (Fsp3) is 0.286. The minimum atomic E-state index is 1.11. The van der Waals surface area contributed by atoms with E-state index >= 15 is 0 Å². The first-order valence-electron chi connectivity index (χ1n) is 3.15. The zero-order valence-corrected chi connectivity index (χ0v) is 5.09. The minimum Gasteiger partial charge on any atom is -0.348 e. The number of allylic oxidation sites excluding steroid dienone is 1. The summed E-state index contributed by atoms with van der Waals surface area (Å²) in [5, 5.41) is 0. The van der Waals surface area contributed by atoms with Crippen LogP contribution >= 0.6 is 0 Å². The predicted octanol–water partition coefficient (Wildman–Crippen LogP) is 1.37. The van der Waals surface area contributed by atoms with Crippen molar-refractivity contribution in [1.82, 2.24) is 9.97 Å². The van der Waals surface area contributed by atoms with E-state index in [0.29, 0.717) is 0 Å². The van der Waals surface area contributed by atoms with Crippen molar-refractivity contribution in [3.63, 3.8) is 0 Å². The first-order valence-corrected chi connectivity index (χ1v) is 3.15. The fourth-order valence-electron chi connectivity index (χ4n) is 1.10. The van der Waals surface area contributed by atoms with Crippen molar-refractivity contribution in [1.29, 1.82) is 0 Å². The summed E-state index contributed by atoms with van der Waals surface area (Å²) >= 11 is 0. The van der Waals surface area contributed by atoms with Crippen molar-refractivity contribution in [3.8, 4) is 0 Å². The molecule has 0 atom stereocenters. The molecular formula is C7H8N2. The fourth-order valence-corrected chi connectivity index (χ4v) is 1.10. The van der Waals surface area contributed by atoms with Crippen molar-refractivity contribution >= 4 is 6.08 Å². The molecule has 1 aromatic rings. The molecule has 1 aliphatic rings. The lowest BCUT2D eigenvalue weighted by Crippen LogP contribution is -1.91. The third kappa shape index (κ3) is 0.669. The van der Waals surface area contributed by atoms with Crippen molar-refractivity contribution in [2.24, 2.45) is 0 Å². The lowest BCUT2D eigenvalue weighted by Gasteiger charge is -2.00. The Morgan fingerprint density at radius 1 is 1.56 bits per heavy atom. The van der Waals surface area contributed by atoms with E-state index in [1.165, 1.54) is 5.69 Å². The summed E-state index contributed by atoms with van der Waals surface area (Å²) in [5.41, 5.74) is 2.39. The Bertz CT molecular complexity index is 235. The van der Waals surface area contributed by atoms with E-state index in [4.69, 9.17) is 0 Å².